The van der Waals surface area contributed by atoms with E-state index in [1.807, 2.05) is 24.3 Å². The van der Waals surface area contributed by atoms with Crippen LogP contribution in [-0.4, -0.2) is 17.6 Å². The van der Waals surface area contributed by atoms with Crippen molar-refractivity contribution in [3.63, 3.8) is 0 Å². The quantitative estimate of drug-likeness (QED) is 0.910. The maximum Gasteiger partial charge on any atom is 0.220 e. The van der Waals surface area contributed by atoms with Crippen LogP contribution in [0.4, 0.5) is 4.39 Å². The molecule has 2 aromatic carbocycles. The van der Waals surface area contributed by atoms with Gasteiger partial charge in [-0.05, 0) is 28.8 Å². The molecule has 108 valence electrons. The molecule has 1 aliphatic heterocycles. The Balaban J connectivity index is 1.89. The van der Waals surface area contributed by atoms with Crippen molar-refractivity contribution in [2.75, 3.05) is 6.54 Å². The van der Waals surface area contributed by atoms with Crippen molar-refractivity contribution >= 4 is 5.91 Å². The van der Waals surface area contributed by atoms with Gasteiger partial charge in [0.15, 0.2) is 0 Å². The first-order valence-electron chi connectivity index (χ1n) is 6.93. The van der Waals surface area contributed by atoms with Gasteiger partial charge in [-0.25, -0.2) is 4.39 Å². The number of amides is 1. The Morgan fingerprint density at radius 3 is 2.57 bits per heavy atom. The highest BCUT2D eigenvalue weighted by molar-refractivity contribution is 5.79. The summed E-state index contributed by atoms with van der Waals surface area (Å²) >= 11 is 0. The molecule has 0 radical (unpaired) electrons. The predicted molar refractivity (Wildman–Crippen MR) is 78.1 cm³/mol. The fourth-order valence-electron chi connectivity index (χ4n) is 2.67. The number of benzene rings is 2. The lowest BCUT2D eigenvalue weighted by Gasteiger charge is -2.10. The van der Waals surface area contributed by atoms with Crippen LogP contribution in [0.2, 0.25) is 0 Å². The molecule has 21 heavy (non-hydrogen) atoms. The molecular formula is C17H16FNO2. The second-order valence-electron chi connectivity index (χ2n) is 5.30. The molecular weight excluding hydrogens is 269 g/mol. The van der Waals surface area contributed by atoms with Crippen LogP contribution in [0.3, 0.4) is 0 Å². The summed E-state index contributed by atoms with van der Waals surface area (Å²) in [5, 5.41) is 12.0. The van der Waals surface area contributed by atoms with Crippen molar-refractivity contribution in [1.82, 2.24) is 5.32 Å². The second-order valence-corrected chi connectivity index (χ2v) is 5.30. The molecule has 0 aromatic heterocycles. The SMILES string of the molecule is O=C1CC(c2ccc(-c3cc(CO)ccc3F)cc2)CN1. The number of nitrogens with one attached hydrogen (secondary N) is 1. The molecule has 4 heteroatoms. The van der Waals surface area contributed by atoms with E-state index in [4.69, 9.17) is 5.11 Å². The van der Waals surface area contributed by atoms with E-state index in [9.17, 15) is 9.18 Å². The fraction of sp³-hybridized carbons (Fsp3) is 0.235. The third-order valence-electron chi connectivity index (χ3n) is 3.88. The van der Waals surface area contributed by atoms with Crippen LogP contribution in [0.15, 0.2) is 42.5 Å². The smallest absolute Gasteiger partial charge is 0.220 e. The van der Waals surface area contributed by atoms with Gasteiger partial charge in [-0.2, -0.15) is 0 Å². The normalized spacial score (nSPS) is 17.8. The lowest BCUT2D eigenvalue weighted by atomic mass is 9.95. The van der Waals surface area contributed by atoms with Gasteiger partial charge in [0.1, 0.15) is 5.82 Å². The molecule has 1 fully saturated rings. The lowest BCUT2D eigenvalue weighted by Crippen LogP contribution is -2.13. The molecule has 1 atom stereocenters. The Morgan fingerprint density at radius 1 is 1.19 bits per heavy atom. The molecule has 1 heterocycles. The average molecular weight is 285 g/mol. The molecule has 2 N–H and O–H groups in total. The van der Waals surface area contributed by atoms with Gasteiger partial charge < -0.3 is 10.4 Å². The van der Waals surface area contributed by atoms with Crippen LogP contribution in [0, 0.1) is 5.82 Å². The largest absolute Gasteiger partial charge is 0.392 e. The summed E-state index contributed by atoms with van der Waals surface area (Å²) in [6.45, 7) is 0.549. The van der Waals surface area contributed by atoms with Crippen LogP contribution in [0.5, 0.6) is 0 Å². The summed E-state index contributed by atoms with van der Waals surface area (Å²) in [5.41, 5.74) is 3.01. The Labute approximate surface area is 122 Å². The highest BCUT2D eigenvalue weighted by Gasteiger charge is 2.22. The topological polar surface area (TPSA) is 49.3 Å². The van der Waals surface area contributed by atoms with E-state index in [1.54, 1.807) is 12.1 Å². The second kappa shape index (κ2) is 5.66. The molecule has 0 bridgehead atoms. The number of hydrogen-bond acceptors (Lipinski definition) is 2. The van der Waals surface area contributed by atoms with Gasteiger partial charge in [-0.15, -0.1) is 0 Å². The summed E-state index contributed by atoms with van der Waals surface area (Å²) in [6, 6.07) is 12.2. The maximum absolute atomic E-state index is 13.9. The summed E-state index contributed by atoms with van der Waals surface area (Å²) in [6.07, 6.45) is 0.508. The molecule has 2 aromatic rings. The summed E-state index contributed by atoms with van der Waals surface area (Å²) in [5.74, 6) is -0.0383. The zero-order valence-electron chi connectivity index (χ0n) is 11.5. The van der Waals surface area contributed by atoms with E-state index >= 15 is 0 Å². The zero-order valence-corrected chi connectivity index (χ0v) is 11.5. The van der Waals surface area contributed by atoms with Crippen molar-refractivity contribution < 1.29 is 14.3 Å². The first kappa shape index (κ1) is 13.8. The third kappa shape index (κ3) is 2.81. The number of aliphatic hydroxyl groups is 1. The van der Waals surface area contributed by atoms with E-state index < -0.39 is 0 Å². The first-order valence-corrected chi connectivity index (χ1v) is 6.93. The van der Waals surface area contributed by atoms with Gasteiger partial charge in [0.2, 0.25) is 5.91 Å². The van der Waals surface area contributed by atoms with Gasteiger partial charge in [-0.3, -0.25) is 4.79 Å². The standard InChI is InChI=1S/C17H16FNO2/c18-16-6-1-11(10-20)7-15(16)13-4-2-12(3-5-13)14-8-17(21)19-9-14/h1-7,14,20H,8-10H2,(H,19,21). The molecule has 0 aliphatic carbocycles. The lowest BCUT2D eigenvalue weighted by molar-refractivity contribution is -0.119. The van der Waals surface area contributed by atoms with Gasteiger partial charge in [-0.1, -0.05) is 30.3 Å². The molecule has 1 aliphatic rings. The van der Waals surface area contributed by atoms with Crippen LogP contribution in [-0.2, 0) is 11.4 Å². The number of hydrogen-bond donors (Lipinski definition) is 2. The summed E-state index contributed by atoms with van der Waals surface area (Å²) in [4.78, 5) is 11.2. The van der Waals surface area contributed by atoms with E-state index in [-0.39, 0.29) is 24.2 Å². The molecule has 1 unspecified atom stereocenters. The van der Waals surface area contributed by atoms with Crippen molar-refractivity contribution in [3.8, 4) is 11.1 Å². The minimum atomic E-state index is -0.308. The van der Waals surface area contributed by atoms with Gasteiger partial charge in [0.25, 0.3) is 0 Å². The van der Waals surface area contributed by atoms with Crippen molar-refractivity contribution in [3.05, 3.63) is 59.4 Å². The van der Waals surface area contributed by atoms with Crippen molar-refractivity contribution in [1.29, 1.82) is 0 Å². The van der Waals surface area contributed by atoms with E-state index in [2.05, 4.69) is 5.32 Å². The van der Waals surface area contributed by atoms with Gasteiger partial charge in [0, 0.05) is 24.4 Å². The van der Waals surface area contributed by atoms with E-state index in [0.717, 1.165) is 11.1 Å². The minimum Gasteiger partial charge on any atom is -0.392 e. The molecule has 0 saturated carbocycles. The minimum absolute atomic E-state index is 0.0748. The Hall–Kier alpha value is -2.20. The first-order chi connectivity index (χ1) is 10.2. The predicted octanol–water partition coefficient (Wildman–Crippen LogP) is 2.59. The summed E-state index contributed by atoms with van der Waals surface area (Å²) < 4.78 is 13.9. The van der Waals surface area contributed by atoms with Gasteiger partial charge in [0.05, 0.1) is 6.61 Å². The van der Waals surface area contributed by atoms with Crippen LogP contribution in [0.25, 0.3) is 11.1 Å². The number of carbonyl (C=O) groups excluding carboxylic acids is 1. The number of carbonyl (C=O) groups is 1. The highest BCUT2D eigenvalue weighted by atomic mass is 19.1. The van der Waals surface area contributed by atoms with Crippen LogP contribution in [0.1, 0.15) is 23.5 Å². The summed E-state index contributed by atoms with van der Waals surface area (Å²) in [7, 11) is 0. The van der Waals surface area contributed by atoms with Crippen molar-refractivity contribution in [2.45, 2.75) is 18.9 Å². The van der Waals surface area contributed by atoms with Crippen LogP contribution >= 0.6 is 0 Å². The fourth-order valence-corrected chi connectivity index (χ4v) is 2.67. The van der Waals surface area contributed by atoms with Crippen molar-refractivity contribution in [2.24, 2.45) is 0 Å². The van der Waals surface area contributed by atoms with Crippen LogP contribution < -0.4 is 5.32 Å². The monoisotopic (exact) mass is 285 g/mol. The third-order valence-corrected chi connectivity index (χ3v) is 3.88. The Kier molecular flexibility index (Phi) is 3.71. The molecule has 1 saturated heterocycles. The molecule has 3 rings (SSSR count). The zero-order chi connectivity index (χ0) is 14.8. The number of aliphatic hydroxyl groups excluding tert-OH is 1. The average Bonchev–Trinajstić information content (AvgIpc) is 2.95. The number of rotatable bonds is 3. The molecule has 0 spiro atoms. The van der Waals surface area contributed by atoms with E-state index in [0.29, 0.717) is 24.1 Å². The Bertz CT molecular complexity index is 667. The highest BCUT2D eigenvalue weighted by Crippen LogP contribution is 2.28. The molecule has 3 nitrogen and oxygen atoms in total. The Morgan fingerprint density at radius 2 is 1.95 bits per heavy atom. The van der Waals surface area contributed by atoms with Gasteiger partial charge >= 0.3 is 0 Å². The molecule has 1 amide bonds. The van der Waals surface area contributed by atoms with E-state index in [1.165, 1.54) is 6.07 Å². The maximum atomic E-state index is 13.9. The number of halogens is 1.